The second kappa shape index (κ2) is 8.39. The van der Waals surface area contributed by atoms with Gasteiger partial charge in [0.05, 0.1) is 18.2 Å². The van der Waals surface area contributed by atoms with Gasteiger partial charge in [-0.25, -0.2) is 13.6 Å². The number of urea groups is 1. The molecule has 0 radical (unpaired) electrons. The number of nitrogens with one attached hydrogen (secondary N) is 1. The van der Waals surface area contributed by atoms with Gasteiger partial charge in [-0.15, -0.1) is 0 Å². The van der Waals surface area contributed by atoms with Crippen molar-refractivity contribution in [2.24, 2.45) is 0 Å². The van der Waals surface area contributed by atoms with Crippen LogP contribution in [0.5, 0.6) is 0 Å². The molecule has 1 unspecified atom stereocenters. The molecule has 0 bridgehead atoms. The molecule has 2 amide bonds. The van der Waals surface area contributed by atoms with Crippen molar-refractivity contribution in [3.05, 3.63) is 35.4 Å². The fraction of sp³-hybridized carbons (Fsp3) is 0.588. The van der Waals surface area contributed by atoms with Gasteiger partial charge in [0.1, 0.15) is 11.6 Å². The van der Waals surface area contributed by atoms with E-state index in [1.54, 1.807) is 39.8 Å². The summed E-state index contributed by atoms with van der Waals surface area (Å²) in [5.74, 6) is -1.29. The van der Waals surface area contributed by atoms with E-state index in [9.17, 15) is 18.7 Å². The van der Waals surface area contributed by atoms with E-state index in [2.05, 4.69) is 5.32 Å². The third-order valence-electron chi connectivity index (χ3n) is 3.65. The number of hydrogen-bond donors (Lipinski definition) is 2. The van der Waals surface area contributed by atoms with E-state index in [0.717, 1.165) is 0 Å². The summed E-state index contributed by atoms with van der Waals surface area (Å²) in [7, 11) is 3.38. The lowest BCUT2D eigenvalue weighted by atomic mass is 10.0. The third-order valence-corrected chi connectivity index (χ3v) is 3.65. The molecule has 1 aromatic rings. The molecular weight excluding hydrogens is 316 g/mol. The molecule has 0 aliphatic rings. The summed E-state index contributed by atoms with van der Waals surface area (Å²) < 4.78 is 28.0. The number of aliphatic hydroxyl groups is 1. The van der Waals surface area contributed by atoms with Crippen molar-refractivity contribution in [3.63, 3.8) is 0 Å². The molecule has 136 valence electrons. The lowest BCUT2D eigenvalue weighted by Gasteiger charge is -2.30. The van der Waals surface area contributed by atoms with Crippen LogP contribution in [-0.2, 0) is 0 Å². The summed E-state index contributed by atoms with van der Waals surface area (Å²) in [4.78, 5) is 15.4. The van der Waals surface area contributed by atoms with Gasteiger partial charge >= 0.3 is 6.03 Å². The first-order chi connectivity index (χ1) is 11.1. The fourth-order valence-electron chi connectivity index (χ4n) is 2.46. The standard InChI is InChI=1S/C17H27F2N3O2/c1-6-22(11-17(2,3)24)16(23)20-10-14(21(4)5)15-12(18)8-7-9-13(15)19/h7-9,14,24H,6,10-11H2,1-5H3,(H,20,23). The van der Waals surface area contributed by atoms with Gasteiger partial charge in [-0.2, -0.15) is 0 Å². The van der Waals surface area contributed by atoms with E-state index in [0.29, 0.717) is 6.54 Å². The Bertz CT molecular complexity index is 539. The van der Waals surface area contributed by atoms with E-state index < -0.39 is 23.3 Å². The molecular formula is C17H27F2N3O2. The topological polar surface area (TPSA) is 55.8 Å². The maximum Gasteiger partial charge on any atom is 0.317 e. The smallest absolute Gasteiger partial charge is 0.317 e. The average Bonchev–Trinajstić information content (AvgIpc) is 2.46. The van der Waals surface area contributed by atoms with Crippen molar-refractivity contribution >= 4 is 6.03 Å². The summed E-state index contributed by atoms with van der Waals surface area (Å²) in [6, 6.07) is 2.67. The fourth-order valence-corrected chi connectivity index (χ4v) is 2.46. The Hall–Kier alpha value is -1.73. The normalized spacial score (nSPS) is 13.0. The number of carbonyl (C=O) groups is 1. The number of nitrogens with zero attached hydrogens (tertiary/aromatic N) is 2. The highest BCUT2D eigenvalue weighted by molar-refractivity contribution is 5.74. The van der Waals surface area contributed by atoms with Crippen molar-refractivity contribution in [2.45, 2.75) is 32.4 Å². The molecule has 0 fully saturated rings. The predicted molar refractivity (Wildman–Crippen MR) is 89.7 cm³/mol. The number of rotatable bonds is 7. The van der Waals surface area contributed by atoms with Gasteiger partial charge in [0, 0.05) is 18.7 Å². The summed E-state index contributed by atoms with van der Waals surface area (Å²) in [6.07, 6.45) is 0. The minimum Gasteiger partial charge on any atom is -0.389 e. The van der Waals surface area contributed by atoms with Crippen LogP contribution in [0.25, 0.3) is 0 Å². The summed E-state index contributed by atoms with van der Waals surface area (Å²) in [6.45, 7) is 5.64. The first-order valence-electron chi connectivity index (χ1n) is 7.92. The highest BCUT2D eigenvalue weighted by Gasteiger charge is 2.25. The minimum atomic E-state index is -1.02. The maximum absolute atomic E-state index is 14.0. The van der Waals surface area contributed by atoms with Gasteiger partial charge in [0.2, 0.25) is 0 Å². The first-order valence-corrected chi connectivity index (χ1v) is 7.92. The van der Waals surface area contributed by atoms with E-state index in [1.807, 2.05) is 0 Å². The summed E-state index contributed by atoms with van der Waals surface area (Å²) in [5, 5.41) is 12.5. The largest absolute Gasteiger partial charge is 0.389 e. The quantitative estimate of drug-likeness (QED) is 0.799. The van der Waals surface area contributed by atoms with Gasteiger partial charge in [-0.05, 0) is 47.0 Å². The predicted octanol–water partition coefficient (Wildman–Crippen LogP) is 2.37. The lowest BCUT2D eigenvalue weighted by molar-refractivity contribution is 0.0477. The second-order valence-corrected chi connectivity index (χ2v) is 6.63. The molecule has 1 atom stereocenters. The van der Waals surface area contributed by atoms with E-state index in [-0.39, 0.29) is 24.7 Å². The average molecular weight is 343 g/mol. The number of likely N-dealkylation sites (N-methyl/N-ethyl adjacent to an activating group) is 2. The van der Waals surface area contributed by atoms with Crippen LogP contribution in [-0.4, -0.2) is 60.3 Å². The Morgan fingerprint density at radius 1 is 1.29 bits per heavy atom. The summed E-state index contributed by atoms with van der Waals surface area (Å²) >= 11 is 0. The van der Waals surface area contributed by atoms with Crippen molar-refractivity contribution in [1.82, 2.24) is 15.1 Å². The molecule has 1 aromatic carbocycles. The minimum absolute atomic E-state index is 0.0477. The second-order valence-electron chi connectivity index (χ2n) is 6.63. The van der Waals surface area contributed by atoms with Gasteiger partial charge in [-0.1, -0.05) is 6.07 Å². The Morgan fingerprint density at radius 2 is 1.83 bits per heavy atom. The number of halogens is 2. The monoisotopic (exact) mass is 343 g/mol. The Kier molecular flexibility index (Phi) is 7.10. The number of benzene rings is 1. The van der Waals surface area contributed by atoms with Gasteiger partial charge in [0.25, 0.3) is 0 Å². The van der Waals surface area contributed by atoms with Crippen LogP contribution in [0.1, 0.15) is 32.4 Å². The summed E-state index contributed by atoms with van der Waals surface area (Å²) in [5.41, 5.74) is -1.10. The number of hydrogen-bond acceptors (Lipinski definition) is 3. The van der Waals surface area contributed by atoms with Crippen molar-refractivity contribution < 1.29 is 18.7 Å². The lowest BCUT2D eigenvalue weighted by Crippen LogP contribution is -2.48. The molecule has 24 heavy (non-hydrogen) atoms. The van der Waals surface area contributed by atoms with E-state index in [4.69, 9.17) is 0 Å². The molecule has 0 heterocycles. The van der Waals surface area contributed by atoms with Crippen LogP contribution in [0.3, 0.4) is 0 Å². The molecule has 1 rings (SSSR count). The van der Waals surface area contributed by atoms with Crippen LogP contribution in [0.15, 0.2) is 18.2 Å². The third kappa shape index (κ3) is 5.72. The van der Waals surface area contributed by atoms with Crippen molar-refractivity contribution in [3.8, 4) is 0 Å². The number of carbonyl (C=O) groups excluding carboxylic acids is 1. The van der Waals surface area contributed by atoms with Crippen LogP contribution >= 0.6 is 0 Å². The molecule has 0 saturated heterocycles. The molecule has 0 aromatic heterocycles. The number of amides is 2. The highest BCUT2D eigenvalue weighted by atomic mass is 19.1. The maximum atomic E-state index is 14.0. The molecule has 0 aliphatic heterocycles. The van der Waals surface area contributed by atoms with Crippen molar-refractivity contribution in [2.75, 3.05) is 33.7 Å². The van der Waals surface area contributed by atoms with Crippen LogP contribution < -0.4 is 5.32 Å². The van der Waals surface area contributed by atoms with E-state index >= 15 is 0 Å². The van der Waals surface area contributed by atoms with Gasteiger partial charge in [-0.3, -0.25) is 0 Å². The Morgan fingerprint density at radius 3 is 2.25 bits per heavy atom. The first kappa shape index (κ1) is 20.3. The zero-order valence-corrected chi connectivity index (χ0v) is 14.9. The Labute approximate surface area is 142 Å². The Balaban J connectivity index is 2.86. The van der Waals surface area contributed by atoms with Gasteiger partial charge in [0.15, 0.2) is 0 Å². The SMILES string of the molecule is CCN(CC(C)(C)O)C(=O)NCC(c1c(F)cccc1F)N(C)C. The molecule has 7 heteroatoms. The zero-order valence-electron chi connectivity index (χ0n) is 14.9. The molecule has 0 spiro atoms. The van der Waals surface area contributed by atoms with Crippen molar-refractivity contribution in [1.29, 1.82) is 0 Å². The van der Waals surface area contributed by atoms with Crippen LogP contribution in [0.4, 0.5) is 13.6 Å². The molecule has 5 nitrogen and oxygen atoms in total. The zero-order chi connectivity index (χ0) is 18.5. The molecule has 0 saturated carbocycles. The van der Waals surface area contributed by atoms with Gasteiger partial charge < -0.3 is 20.2 Å². The van der Waals surface area contributed by atoms with E-state index in [1.165, 1.54) is 23.1 Å². The highest BCUT2D eigenvalue weighted by Crippen LogP contribution is 2.24. The molecule has 2 N–H and O–H groups in total. The van der Waals surface area contributed by atoms with Crippen LogP contribution in [0.2, 0.25) is 0 Å². The molecule has 0 aliphatic carbocycles. The van der Waals surface area contributed by atoms with Crippen LogP contribution in [0, 0.1) is 11.6 Å².